The summed E-state index contributed by atoms with van der Waals surface area (Å²) in [6.07, 6.45) is 0. The van der Waals surface area contributed by atoms with E-state index in [9.17, 15) is 12.8 Å². The van der Waals surface area contributed by atoms with Crippen LogP contribution in [0.15, 0.2) is 44.3 Å². The number of nitrogens with zero attached hydrogens (tertiary/aromatic N) is 1. The van der Waals surface area contributed by atoms with Crippen molar-refractivity contribution >= 4 is 31.6 Å². The van der Waals surface area contributed by atoms with Crippen LogP contribution in [0.1, 0.15) is 5.76 Å². The molecular formula is C12H12BrFN2O3S. The van der Waals surface area contributed by atoms with E-state index in [-0.39, 0.29) is 12.2 Å². The molecule has 1 aromatic heterocycles. The molecule has 108 valence electrons. The van der Waals surface area contributed by atoms with Crippen LogP contribution in [0.2, 0.25) is 0 Å². The predicted molar refractivity (Wildman–Crippen MR) is 75.9 cm³/mol. The second-order valence-electron chi connectivity index (χ2n) is 4.16. The molecule has 0 unspecified atom stereocenters. The Balaban J connectivity index is 2.29. The number of sulfonamides is 1. The van der Waals surface area contributed by atoms with Gasteiger partial charge in [-0.15, -0.1) is 0 Å². The third kappa shape index (κ3) is 3.02. The van der Waals surface area contributed by atoms with Crippen LogP contribution < -0.4 is 5.73 Å². The molecule has 8 heteroatoms. The molecule has 5 nitrogen and oxygen atoms in total. The molecule has 2 N–H and O–H groups in total. The Labute approximate surface area is 124 Å². The van der Waals surface area contributed by atoms with Crippen molar-refractivity contribution in [1.29, 1.82) is 0 Å². The van der Waals surface area contributed by atoms with Gasteiger partial charge in [-0.25, -0.2) is 12.8 Å². The Kier molecular flexibility index (Phi) is 4.17. The zero-order valence-corrected chi connectivity index (χ0v) is 12.9. The van der Waals surface area contributed by atoms with Gasteiger partial charge in [-0.2, -0.15) is 4.31 Å². The highest BCUT2D eigenvalue weighted by molar-refractivity contribution is 9.10. The Morgan fingerprint density at radius 1 is 1.35 bits per heavy atom. The summed E-state index contributed by atoms with van der Waals surface area (Å²) in [5, 5.41) is 0. The highest BCUT2D eigenvalue weighted by Gasteiger charge is 2.25. The first-order valence-corrected chi connectivity index (χ1v) is 7.79. The van der Waals surface area contributed by atoms with Gasteiger partial charge in [0, 0.05) is 12.7 Å². The average molecular weight is 363 g/mol. The molecule has 0 bridgehead atoms. The number of benzene rings is 1. The lowest BCUT2D eigenvalue weighted by Crippen LogP contribution is -2.27. The molecule has 2 rings (SSSR count). The SMILES string of the molecule is CN(Cc1ccc(Br)o1)S(=O)(=O)c1ccc(N)cc1F. The number of hydrogen-bond donors (Lipinski definition) is 1. The first-order valence-electron chi connectivity index (χ1n) is 5.56. The van der Waals surface area contributed by atoms with Crippen molar-refractivity contribution in [2.75, 3.05) is 12.8 Å². The van der Waals surface area contributed by atoms with E-state index in [0.717, 1.165) is 16.4 Å². The average Bonchev–Trinajstić information content (AvgIpc) is 2.74. The van der Waals surface area contributed by atoms with Gasteiger partial charge in [-0.3, -0.25) is 0 Å². The minimum absolute atomic E-state index is 0.00223. The van der Waals surface area contributed by atoms with Gasteiger partial charge in [0.2, 0.25) is 10.0 Å². The molecule has 0 fully saturated rings. The lowest BCUT2D eigenvalue weighted by molar-refractivity contribution is 0.396. The number of anilines is 1. The second-order valence-corrected chi connectivity index (χ2v) is 6.95. The van der Waals surface area contributed by atoms with Crippen LogP contribution in [0.4, 0.5) is 10.1 Å². The van der Waals surface area contributed by atoms with Crippen molar-refractivity contribution in [2.45, 2.75) is 11.4 Å². The minimum atomic E-state index is -3.95. The highest BCUT2D eigenvalue weighted by Crippen LogP contribution is 2.23. The van der Waals surface area contributed by atoms with Crippen LogP contribution >= 0.6 is 15.9 Å². The fourth-order valence-electron chi connectivity index (χ4n) is 1.64. The van der Waals surface area contributed by atoms with Crippen molar-refractivity contribution < 1.29 is 17.2 Å². The summed E-state index contributed by atoms with van der Waals surface area (Å²) >= 11 is 3.13. The van der Waals surface area contributed by atoms with Gasteiger partial charge in [0.15, 0.2) is 4.67 Å². The second kappa shape index (κ2) is 5.55. The maximum atomic E-state index is 13.7. The van der Waals surface area contributed by atoms with E-state index in [1.54, 1.807) is 12.1 Å². The van der Waals surface area contributed by atoms with Crippen molar-refractivity contribution in [3.05, 3.63) is 46.6 Å². The summed E-state index contributed by atoms with van der Waals surface area (Å²) in [6, 6.07) is 6.75. The summed E-state index contributed by atoms with van der Waals surface area (Å²) in [4.78, 5) is -0.417. The molecule has 20 heavy (non-hydrogen) atoms. The van der Waals surface area contributed by atoms with E-state index < -0.39 is 20.7 Å². The maximum absolute atomic E-state index is 13.7. The van der Waals surface area contributed by atoms with Gasteiger partial charge in [-0.05, 0) is 46.3 Å². The fourth-order valence-corrected chi connectivity index (χ4v) is 3.15. The van der Waals surface area contributed by atoms with Gasteiger partial charge in [-0.1, -0.05) is 0 Å². The predicted octanol–water partition coefficient (Wildman–Crippen LogP) is 2.58. The Morgan fingerprint density at radius 3 is 2.60 bits per heavy atom. The van der Waals surface area contributed by atoms with E-state index in [1.807, 2.05) is 0 Å². The molecule has 1 aromatic carbocycles. The van der Waals surface area contributed by atoms with Gasteiger partial charge in [0.25, 0.3) is 0 Å². The van der Waals surface area contributed by atoms with Gasteiger partial charge in [0.05, 0.1) is 6.54 Å². The molecule has 2 aromatic rings. The van der Waals surface area contributed by atoms with E-state index in [0.29, 0.717) is 10.4 Å². The lowest BCUT2D eigenvalue weighted by atomic mass is 10.3. The summed E-state index contributed by atoms with van der Waals surface area (Å²) in [7, 11) is -2.60. The zero-order valence-electron chi connectivity index (χ0n) is 10.5. The number of rotatable bonds is 4. The van der Waals surface area contributed by atoms with Crippen molar-refractivity contribution in [3.8, 4) is 0 Å². The first kappa shape index (κ1) is 15.0. The quantitative estimate of drug-likeness (QED) is 0.848. The molecule has 0 atom stereocenters. The Morgan fingerprint density at radius 2 is 2.05 bits per heavy atom. The van der Waals surface area contributed by atoms with E-state index in [2.05, 4.69) is 15.9 Å². The van der Waals surface area contributed by atoms with Crippen LogP contribution in [0, 0.1) is 5.82 Å². The van der Waals surface area contributed by atoms with Crippen molar-refractivity contribution in [3.63, 3.8) is 0 Å². The van der Waals surface area contributed by atoms with Crippen LogP contribution in [0.25, 0.3) is 0 Å². The Hall–Kier alpha value is -1.38. The van der Waals surface area contributed by atoms with E-state index in [4.69, 9.17) is 10.2 Å². The van der Waals surface area contributed by atoms with Gasteiger partial charge >= 0.3 is 0 Å². The number of nitrogens with two attached hydrogens (primary N) is 1. The van der Waals surface area contributed by atoms with E-state index >= 15 is 0 Å². The smallest absolute Gasteiger partial charge is 0.246 e. The minimum Gasteiger partial charge on any atom is -0.453 e. The van der Waals surface area contributed by atoms with Crippen LogP contribution in [0.3, 0.4) is 0 Å². The number of furan rings is 1. The zero-order chi connectivity index (χ0) is 14.9. The fraction of sp³-hybridized carbons (Fsp3) is 0.167. The summed E-state index contributed by atoms with van der Waals surface area (Å²) in [6.45, 7) is -0.00223. The third-order valence-corrected chi connectivity index (χ3v) is 4.91. The number of halogens is 2. The van der Waals surface area contributed by atoms with Crippen LogP contribution in [-0.2, 0) is 16.6 Å². The summed E-state index contributed by atoms with van der Waals surface area (Å²) < 4.78 is 45.0. The number of hydrogen-bond acceptors (Lipinski definition) is 4. The largest absolute Gasteiger partial charge is 0.453 e. The molecule has 0 aliphatic heterocycles. The molecule has 0 radical (unpaired) electrons. The third-order valence-electron chi connectivity index (χ3n) is 2.65. The van der Waals surface area contributed by atoms with Gasteiger partial charge < -0.3 is 10.2 Å². The number of nitrogen functional groups attached to an aromatic ring is 1. The topological polar surface area (TPSA) is 76.5 Å². The molecule has 0 spiro atoms. The molecule has 1 heterocycles. The van der Waals surface area contributed by atoms with Crippen LogP contribution in [0.5, 0.6) is 0 Å². The molecule has 0 aliphatic carbocycles. The standard InChI is InChI=1S/C12H12BrFN2O3S/c1-16(7-9-3-5-12(13)19-9)20(17,18)11-4-2-8(15)6-10(11)14/h2-6H,7,15H2,1H3. The molecule has 0 amide bonds. The lowest BCUT2D eigenvalue weighted by Gasteiger charge is -2.16. The Bertz CT molecular complexity index is 730. The van der Waals surface area contributed by atoms with Crippen molar-refractivity contribution in [1.82, 2.24) is 4.31 Å². The molecule has 0 saturated carbocycles. The summed E-state index contributed by atoms with van der Waals surface area (Å²) in [5.41, 5.74) is 5.57. The van der Waals surface area contributed by atoms with Crippen LogP contribution in [-0.4, -0.2) is 19.8 Å². The molecule has 0 aliphatic rings. The van der Waals surface area contributed by atoms with Gasteiger partial charge in [0.1, 0.15) is 16.5 Å². The first-order chi connectivity index (χ1) is 9.30. The monoisotopic (exact) mass is 362 g/mol. The maximum Gasteiger partial charge on any atom is 0.246 e. The molecular weight excluding hydrogens is 351 g/mol. The highest BCUT2D eigenvalue weighted by atomic mass is 79.9. The summed E-state index contributed by atoms with van der Waals surface area (Å²) in [5.74, 6) is -0.434. The van der Waals surface area contributed by atoms with Crippen molar-refractivity contribution in [2.24, 2.45) is 0 Å². The normalized spacial score (nSPS) is 12.0. The molecule has 0 saturated heterocycles. The van der Waals surface area contributed by atoms with E-state index in [1.165, 1.54) is 13.1 Å².